The molecule has 0 saturated carbocycles. The third-order valence-corrected chi connectivity index (χ3v) is 2.40. The smallest absolute Gasteiger partial charge is 0.0979 e. The van der Waals surface area contributed by atoms with Gasteiger partial charge in [0.25, 0.3) is 0 Å². The molecule has 0 bridgehead atoms. The molecule has 0 aliphatic carbocycles. The maximum Gasteiger partial charge on any atom is 0.0979 e. The van der Waals surface area contributed by atoms with Crippen LogP contribution in [0.2, 0.25) is 0 Å². The first-order valence-corrected chi connectivity index (χ1v) is 4.81. The van der Waals surface area contributed by atoms with Crippen molar-refractivity contribution in [2.24, 2.45) is 0 Å². The molecule has 0 fully saturated rings. The average molecular weight is 180 g/mol. The second-order valence-corrected chi connectivity index (χ2v) is 3.77. The molecule has 0 heterocycles. The molecule has 0 aliphatic rings. The maximum absolute atomic E-state index is 12.8. The Bertz CT molecular complexity index is 266. The second kappa shape index (κ2) is 4.40. The Kier molecular flexibility index (Phi) is 3.47. The first-order valence-electron chi connectivity index (χ1n) is 4.81. The van der Waals surface area contributed by atoms with Gasteiger partial charge in [0.2, 0.25) is 0 Å². The van der Waals surface area contributed by atoms with Crippen molar-refractivity contribution in [3.05, 3.63) is 35.4 Å². The lowest BCUT2D eigenvalue weighted by Crippen LogP contribution is -2.03. The Hall–Kier alpha value is -0.850. The van der Waals surface area contributed by atoms with Crippen molar-refractivity contribution < 1.29 is 4.39 Å². The summed E-state index contributed by atoms with van der Waals surface area (Å²) in [5.41, 5.74) is 2.53. The fourth-order valence-electron chi connectivity index (χ4n) is 1.75. The van der Waals surface area contributed by atoms with Crippen LogP contribution in [0.5, 0.6) is 0 Å². The zero-order chi connectivity index (χ0) is 9.84. The Balaban J connectivity index is 2.76. The van der Waals surface area contributed by atoms with Crippen molar-refractivity contribution in [1.82, 2.24) is 0 Å². The van der Waals surface area contributed by atoms with Gasteiger partial charge in [-0.05, 0) is 37.3 Å². The van der Waals surface area contributed by atoms with E-state index in [0.29, 0.717) is 12.3 Å². The Morgan fingerprint density at radius 1 is 1.23 bits per heavy atom. The van der Waals surface area contributed by atoms with Gasteiger partial charge in [0.15, 0.2) is 0 Å². The van der Waals surface area contributed by atoms with Gasteiger partial charge in [-0.15, -0.1) is 0 Å². The van der Waals surface area contributed by atoms with Crippen LogP contribution in [0.25, 0.3) is 0 Å². The van der Waals surface area contributed by atoms with Gasteiger partial charge in [0, 0.05) is 0 Å². The van der Waals surface area contributed by atoms with Gasteiger partial charge in [-0.3, -0.25) is 0 Å². The Morgan fingerprint density at radius 3 is 2.38 bits per heavy atom. The van der Waals surface area contributed by atoms with Crippen LogP contribution in [0.15, 0.2) is 24.3 Å². The molecule has 1 aromatic rings. The fraction of sp³-hybridized carbons (Fsp3) is 0.500. The molecule has 13 heavy (non-hydrogen) atoms. The summed E-state index contributed by atoms with van der Waals surface area (Å²) in [6, 6.07) is 8.20. The molecule has 72 valence electrons. The molecule has 1 rings (SSSR count). The lowest BCUT2D eigenvalue weighted by Gasteiger charge is -2.14. The van der Waals surface area contributed by atoms with Crippen molar-refractivity contribution in [3.8, 4) is 0 Å². The lowest BCUT2D eigenvalue weighted by molar-refractivity contribution is 0.324. The van der Waals surface area contributed by atoms with Crippen LogP contribution >= 0.6 is 0 Å². The fourth-order valence-corrected chi connectivity index (χ4v) is 1.75. The van der Waals surface area contributed by atoms with Crippen LogP contribution in [0.4, 0.5) is 4.39 Å². The van der Waals surface area contributed by atoms with Crippen molar-refractivity contribution in [2.45, 2.75) is 39.3 Å². The van der Waals surface area contributed by atoms with E-state index in [4.69, 9.17) is 0 Å². The van der Waals surface area contributed by atoms with Crippen LogP contribution in [0.1, 0.15) is 37.3 Å². The number of hydrogen-bond donors (Lipinski definition) is 0. The zero-order valence-corrected chi connectivity index (χ0v) is 8.55. The van der Waals surface area contributed by atoms with Crippen molar-refractivity contribution in [3.63, 3.8) is 0 Å². The third kappa shape index (κ3) is 2.83. The molecular formula is C12H17F. The molecule has 0 aromatic heterocycles. The van der Waals surface area contributed by atoms with Crippen LogP contribution in [-0.2, 0) is 0 Å². The monoisotopic (exact) mass is 180 g/mol. The van der Waals surface area contributed by atoms with Crippen LogP contribution in [-0.4, -0.2) is 6.17 Å². The second-order valence-electron chi connectivity index (χ2n) is 3.77. The van der Waals surface area contributed by atoms with E-state index in [1.807, 2.05) is 12.1 Å². The standard InChI is InChI=1S/C12H17F/c1-9-6-4-5-7-12(9)10(2)8-11(3)13/h4-7,10-11H,8H2,1-3H3. The third-order valence-electron chi connectivity index (χ3n) is 2.40. The minimum atomic E-state index is -0.713. The van der Waals surface area contributed by atoms with Gasteiger partial charge in [-0.2, -0.15) is 0 Å². The largest absolute Gasteiger partial charge is 0.248 e. The van der Waals surface area contributed by atoms with Crippen LogP contribution < -0.4 is 0 Å². The predicted octanol–water partition coefficient (Wildman–Crippen LogP) is 3.85. The number of benzene rings is 1. The van der Waals surface area contributed by atoms with Crippen molar-refractivity contribution in [1.29, 1.82) is 0 Å². The van der Waals surface area contributed by atoms with E-state index >= 15 is 0 Å². The molecule has 2 unspecified atom stereocenters. The summed E-state index contributed by atoms with van der Waals surface area (Å²) in [7, 11) is 0. The van der Waals surface area contributed by atoms with Crippen LogP contribution in [0.3, 0.4) is 0 Å². The summed E-state index contributed by atoms with van der Waals surface area (Å²) in [6.07, 6.45) is -0.0974. The number of aryl methyl sites for hydroxylation is 1. The van der Waals surface area contributed by atoms with Gasteiger partial charge in [-0.25, -0.2) is 4.39 Å². The highest BCUT2D eigenvalue weighted by molar-refractivity contribution is 5.28. The SMILES string of the molecule is Cc1ccccc1C(C)CC(C)F. The van der Waals surface area contributed by atoms with Gasteiger partial charge >= 0.3 is 0 Å². The predicted molar refractivity (Wildman–Crippen MR) is 54.8 cm³/mol. The van der Waals surface area contributed by atoms with Crippen LogP contribution in [0, 0.1) is 6.92 Å². The average Bonchev–Trinajstić information content (AvgIpc) is 2.03. The maximum atomic E-state index is 12.8. The highest BCUT2D eigenvalue weighted by Crippen LogP contribution is 2.24. The van der Waals surface area contributed by atoms with E-state index in [0.717, 1.165) is 0 Å². The first kappa shape index (κ1) is 10.2. The molecule has 0 saturated heterocycles. The molecule has 2 atom stereocenters. The van der Waals surface area contributed by atoms with E-state index in [-0.39, 0.29) is 0 Å². The van der Waals surface area contributed by atoms with E-state index in [1.165, 1.54) is 11.1 Å². The summed E-state index contributed by atoms with van der Waals surface area (Å²) in [4.78, 5) is 0. The summed E-state index contributed by atoms with van der Waals surface area (Å²) in [6.45, 7) is 5.78. The number of halogens is 1. The van der Waals surface area contributed by atoms with E-state index in [1.54, 1.807) is 6.92 Å². The van der Waals surface area contributed by atoms with Gasteiger partial charge in [0.05, 0.1) is 6.17 Å². The number of hydrogen-bond acceptors (Lipinski definition) is 0. The molecule has 1 aromatic carbocycles. The molecule has 1 heteroatoms. The molecule has 0 amide bonds. The highest BCUT2D eigenvalue weighted by Gasteiger charge is 2.10. The van der Waals surface area contributed by atoms with Gasteiger partial charge in [0.1, 0.15) is 0 Å². The summed E-state index contributed by atoms with van der Waals surface area (Å²) in [5, 5.41) is 0. The normalized spacial score (nSPS) is 15.4. The van der Waals surface area contributed by atoms with E-state index in [9.17, 15) is 4.39 Å². The number of alkyl halides is 1. The molecule has 0 spiro atoms. The lowest BCUT2D eigenvalue weighted by atomic mass is 9.92. The molecule has 0 aliphatic heterocycles. The topological polar surface area (TPSA) is 0 Å². The minimum Gasteiger partial charge on any atom is -0.248 e. The first-order chi connectivity index (χ1) is 6.11. The summed E-state index contributed by atoms with van der Waals surface area (Å²) in [5.74, 6) is 0.321. The minimum absolute atomic E-state index is 0.321. The Labute approximate surface area is 79.8 Å². The molecule has 0 nitrogen and oxygen atoms in total. The van der Waals surface area contributed by atoms with Crippen molar-refractivity contribution in [2.75, 3.05) is 0 Å². The van der Waals surface area contributed by atoms with Gasteiger partial charge in [-0.1, -0.05) is 31.2 Å². The van der Waals surface area contributed by atoms with E-state index < -0.39 is 6.17 Å². The van der Waals surface area contributed by atoms with E-state index in [2.05, 4.69) is 26.0 Å². The Morgan fingerprint density at radius 2 is 1.85 bits per heavy atom. The zero-order valence-electron chi connectivity index (χ0n) is 8.55. The quantitative estimate of drug-likeness (QED) is 0.662. The summed E-state index contributed by atoms with van der Waals surface area (Å²) < 4.78 is 12.8. The molecule has 0 radical (unpaired) electrons. The summed E-state index contributed by atoms with van der Waals surface area (Å²) >= 11 is 0. The molecular weight excluding hydrogens is 163 g/mol. The number of rotatable bonds is 3. The van der Waals surface area contributed by atoms with Gasteiger partial charge < -0.3 is 0 Å². The highest BCUT2D eigenvalue weighted by atomic mass is 19.1. The van der Waals surface area contributed by atoms with Crippen molar-refractivity contribution >= 4 is 0 Å². The molecule has 0 N–H and O–H groups in total.